The number of piperidine rings is 1. The second kappa shape index (κ2) is 9.72. The lowest BCUT2D eigenvalue weighted by atomic mass is 9.66. The van der Waals surface area contributed by atoms with Gasteiger partial charge in [-0.05, 0) is 37.1 Å². The minimum atomic E-state index is -2.31. The van der Waals surface area contributed by atoms with Crippen molar-refractivity contribution in [2.45, 2.75) is 32.8 Å². The molecule has 0 spiro atoms. The largest absolute Gasteiger partial charge is 0.460 e. The van der Waals surface area contributed by atoms with E-state index in [9.17, 15) is 23.6 Å². The van der Waals surface area contributed by atoms with E-state index in [0.717, 1.165) is 17.0 Å². The molecule has 2 atom stereocenters. The number of likely N-dealkylation sites (tertiary alicyclic amines) is 1. The molecule has 2 aromatic rings. The molecule has 2 unspecified atom stereocenters. The first-order chi connectivity index (χ1) is 15.4. The van der Waals surface area contributed by atoms with Gasteiger partial charge in [-0.1, -0.05) is 42.5 Å². The summed E-state index contributed by atoms with van der Waals surface area (Å²) in [5.41, 5.74) is -1.31. The number of rotatable bonds is 7. The third kappa shape index (κ3) is 4.12. The van der Waals surface area contributed by atoms with Gasteiger partial charge in [0.05, 0.1) is 0 Å². The van der Waals surface area contributed by atoms with E-state index in [1.807, 2.05) is 6.07 Å². The van der Waals surface area contributed by atoms with E-state index in [0.29, 0.717) is 11.1 Å². The molecule has 1 saturated heterocycles. The van der Waals surface area contributed by atoms with Gasteiger partial charge in [-0.25, -0.2) is 4.39 Å². The van der Waals surface area contributed by atoms with Gasteiger partial charge in [0.1, 0.15) is 12.4 Å². The van der Waals surface area contributed by atoms with Crippen LogP contribution in [0.2, 0.25) is 0 Å². The first kappa shape index (κ1) is 23.1. The number of halogens is 1. The number of hydrogen-bond donors (Lipinski definition) is 1. The Morgan fingerprint density at radius 3 is 2.34 bits per heavy atom. The third-order valence-electron chi connectivity index (χ3n) is 5.60. The van der Waals surface area contributed by atoms with Crippen molar-refractivity contribution in [2.75, 3.05) is 13.1 Å². The average molecular weight is 440 g/mol. The Labute approximate surface area is 185 Å². The smallest absolute Gasteiger partial charge is 0.332 e. The third-order valence-corrected chi connectivity index (χ3v) is 5.60. The fourth-order valence-corrected chi connectivity index (χ4v) is 4.01. The van der Waals surface area contributed by atoms with Crippen molar-refractivity contribution < 1.29 is 28.3 Å². The maximum Gasteiger partial charge on any atom is 0.332 e. The Morgan fingerprint density at radius 2 is 1.75 bits per heavy atom. The summed E-state index contributed by atoms with van der Waals surface area (Å²) in [6, 6.07) is 13.9. The molecular formula is C24H25FN2O5. The van der Waals surface area contributed by atoms with Crippen molar-refractivity contribution in [3.8, 4) is 0 Å². The van der Waals surface area contributed by atoms with E-state index in [4.69, 9.17) is 4.74 Å². The highest BCUT2D eigenvalue weighted by molar-refractivity contribution is 6.26. The quantitative estimate of drug-likeness (QED) is 0.406. The van der Waals surface area contributed by atoms with Crippen LogP contribution in [0, 0.1) is 11.2 Å². The van der Waals surface area contributed by atoms with Gasteiger partial charge in [-0.15, -0.1) is 0 Å². The summed E-state index contributed by atoms with van der Waals surface area (Å²) in [6.07, 6.45) is -0.275. The normalized spacial score (nSPS) is 20.7. The van der Waals surface area contributed by atoms with E-state index in [1.54, 1.807) is 38.1 Å². The lowest BCUT2D eigenvalue weighted by molar-refractivity contribution is -0.177. The average Bonchev–Trinajstić information content (AvgIpc) is 2.79. The molecule has 1 aliphatic heterocycles. The van der Waals surface area contributed by atoms with Crippen molar-refractivity contribution >= 4 is 23.7 Å². The summed E-state index contributed by atoms with van der Waals surface area (Å²) in [6.45, 7) is 3.26. The second-order valence-electron chi connectivity index (χ2n) is 7.48. The molecule has 1 fully saturated rings. The molecule has 3 amide bonds. The summed E-state index contributed by atoms with van der Waals surface area (Å²) >= 11 is 0. The number of hydrogen-bond acceptors (Lipinski definition) is 5. The molecule has 8 heteroatoms. The van der Waals surface area contributed by atoms with Crippen molar-refractivity contribution in [2.24, 2.45) is 5.41 Å². The van der Waals surface area contributed by atoms with Crippen LogP contribution in [0.1, 0.15) is 37.3 Å². The summed E-state index contributed by atoms with van der Waals surface area (Å²) < 4.78 is 19.0. The van der Waals surface area contributed by atoms with Crippen LogP contribution in [-0.4, -0.2) is 41.7 Å². The highest BCUT2D eigenvalue weighted by Gasteiger charge is 2.65. The van der Waals surface area contributed by atoms with Gasteiger partial charge in [-0.3, -0.25) is 24.1 Å². The van der Waals surface area contributed by atoms with Crippen molar-refractivity contribution in [1.82, 2.24) is 10.2 Å². The van der Waals surface area contributed by atoms with Gasteiger partial charge in [0, 0.05) is 25.4 Å². The molecule has 1 aliphatic rings. The lowest BCUT2D eigenvalue weighted by Crippen LogP contribution is -2.65. The van der Waals surface area contributed by atoms with Crippen LogP contribution in [0.15, 0.2) is 54.6 Å². The Morgan fingerprint density at radius 1 is 1.09 bits per heavy atom. The zero-order chi connectivity index (χ0) is 23.3. The van der Waals surface area contributed by atoms with Gasteiger partial charge in [0.25, 0.3) is 5.91 Å². The number of nitrogens with zero attached hydrogens (tertiary/aromatic N) is 1. The van der Waals surface area contributed by atoms with Crippen LogP contribution >= 0.6 is 0 Å². The molecule has 0 aromatic heterocycles. The Kier molecular flexibility index (Phi) is 7.02. The summed E-state index contributed by atoms with van der Waals surface area (Å²) in [5.74, 6) is -4.99. The molecule has 0 bridgehead atoms. The Hall–Kier alpha value is -3.55. The predicted octanol–water partition coefficient (Wildman–Crippen LogP) is 2.55. The van der Waals surface area contributed by atoms with Crippen molar-refractivity contribution in [3.63, 3.8) is 0 Å². The zero-order valence-electron chi connectivity index (χ0n) is 18.0. The van der Waals surface area contributed by atoms with Crippen LogP contribution in [0.4, 0.5) is 4.39 Å². The number of amides is 3. The van der Waals surface area contributed by atoms with Gasteiger partial charge in [-0.2, -0.15) is 0 Å². The van der Waals surface area contributed by atoms with Crippen LogP contribution in [-0.2, 0) is 30.5 Å². The number of benzene rings is 2. The van der Waals surface area contributed by atoms with Gasteiger partial charge >= 0.3 is 5.97 Å². The second-order valence-corrected chi connectivity index (χ2v) is 7.48. The fraction of sp³-hybridized carbons (Fsp3) is 0.333. The van der Waals surface area contributed by atoms with Gasteiger partial charge in [0.2, 0.25) is 17.2 Å². The van der Waals surface area contributed by atoms with Crippen LogP contribution < -0.4 is 5.32 Å². The van der Waals surface area contributed by atoms with E-state index in [-0.39, 0.29) is 26.1 Å². The molecule has 0 radical (unpaired) electrons. The van der Waals surface area contributed by atoms with E-state index in [2.05, 4.69) is 5.32 Å². The van der Waals surface area contributed by atoms with Crippen LogP contribution in [0.3, 0.4) is 0 Å². The highest BCUT2D eigenvalue weighted by atomic mass is 19.1. The topological polar surface area (TPSA) is 92.8 Å². The SMILES string of the molecule is CCNC(=O)C1(C(=O)OCc2ccccc2)C(=O)N(CC)C(=O)CC1c1ccc(F)cc1. The van der Waals surface area contributed by atoms with E-state index in [1.165, 1.54) is 12.1 Å². The van der Waals surface area contributed by atoms with E-state index < -0.39 is 40.8 Å². The molecule has 168 valence electrons. The molecular weight excluding hydrogens is 415 g/mol. The molecule has 1 heterocycles. The first-order valence-corrected chi connectivity index (χ1v) is 10.5. The number of nitrogens with one attached hydrogen (secondary N) is 1. The molecule has 7 nitrogen and oxygen atoms in total. The van der Waals surface area contributed by atoms with Crippen LogP contribution in [0.25, 0.3) is 0 Å². The maximum absolute atomic E-state index is 13.6. The number of ether oxygens (including phenoxy) is 1. The molecule has 2 aromatic carbocycles. The monoisotopic (exact) mass is 440 g/mol. The minimum absolute atomic E-state index is 0.000917. The van der Waals surface area contributed by atoms with Crippen molar-refractivity contribution in [3.05, 3.63) is 71.5 Å². The number of carbonyl (C=O) groups is 4. The Balaban J connectivity index is 2.12. The highest BCUT2D eigenvalue weighted by Crippen LogP contribution is 2.46. The standard InChI is InChI=1S/C24H25FN2O5/c1-3-26-21(29)24(23(31)32-15-16-8-6-5-7-9-16)19(17-10-12-18(25)13-11-17)14-20(28)27(4-2)22(24)30/h5-13,19H,3-4,14-15H2,1-2H3,(H,26,29). The van der Waals surface area contributed by atoms with Crippen LogP contribution in [0.5, 0.6) is 0 Å². The molecule has 0 aliphatic carbocycles. The van der Waals surface area contributed by atoms with E-state index >= 15 is 0 Å². The number of imide groups is 1. The molecule has 1 N–H and O–H groups in total. The lowest BCUT2D eigenvalue weighted by Gasteiger charge is -2.42. The summed E-state index contributed by atoms with van der Waals surface area (Å²) in [4.78, 5) is 54.1. The Bertz CT molecular complexity index is 1010. The minimum Gasteiger partial charge on any atom is -0.460 e. The summed E-state index contributed by atoms with van der Waals surface area (Å²) in [7, 11) is 0. The van der Waals surface area contributed by atoms with Gasteiger partial charge in [0.15, 0.2) is 0 Å². The summed E-state index contributed by atoms with van der Waals surface area (Å²) in [5, 5.41) is 2.56. The number of carbonyl (C=O) groups excluding carboxylic acids is 4. The molecule has 0 saturated carbocycles. The fourth-order valence-electron chi connectivity index (χ4n) is 4.01. The number of esters is 1. The first-order valence-electron chi connectivity index (χ1n) is 10.5. The van der Waals surface area contributed by atoms with Crippen molar-refractivity contribution in [1.29, 1.82) is 0 Å². The zero-order valence-corrected chi connectivity index (χ0v) is 18.0. The molecule has 3 rings (SSSR count). The maximum atomic E-state index is 13.6. The molecule has 32 heavy (non-hydrogen) atoms. The van der Waals surface area contributed by atoms with Gasteiger partial charge < -0.3 is 10.1 Å². The predicted molar refractivity (Wildman–Crippen MR) is 114 cm³/mol.